The number of rotatable bonds is 6. The van der Waals surface area contributed by atoms with Crippen molar-refractivity contribution >= 4 is 15.9 Å². The van der Waals surface area contributed by atoms with Crippen LogP contribution >= 0.6 is 15.9 Å². The monoisotopic (exact) mass is 284 g/mol. The van der Waals surface area contributed by atoms with E-state index in [9.17, 15) is 4.39 Å². The molecule has 16 heavy (non-hydrogen) atoms. The van der Waals surface area contributed by atoms with Crippen LogP contribution in [0.4, 0.5) is 4.39 Å². The van der Waals surface area contributed by atoms with Crippen LogP contribution in [0.5, 0.6) is 0 Å². The molecule has 0 fully saturated rings. The molecule has 0 aromatic heterocycles. The van der Waals surface area contributed by atoms with Gasteiger partial charge in [-0.2, -0.15) is 5.26 Å². The van der Waals surface area contributed by atoms with Gasteiger partial charge in [-0.05, 0) is 43.1 Å². The summed E-state index contributed by atoms with van der Waals surface area (Å²) in [5, 5.41) is 11.6. The van der Waals surface area contributed by atoms with Crippen molar-refractivity contribution < 1.29 is 4.39 Å². The largest absolute Gasteiger partial charge is 0.313 e. The summed E-state index contributed by atoms with van der Waals surface area (Å²) >= 11 is 3.37. The van der Waals surface area contributed by atoms with Crippen molar-refractivity contribution in [1.82, 2.24) is 5.32 Å². The van der Waals surface area contributed by atoms with E-state index < -0.39 is 0 Å². The maximum atomic E-state index is 12.9. The van der Waals surface area contributed by atoms with Crippen molar-refractivity contribution in [2.45, 2.75) is 25.8 Å². The molecule has 1 rings (SSSR count). The molecule has 1 N–H and O–H groups in total. The van der Waals surface area contributed by atoms with Crippen molar-refractivity contribution in [3.63, 3.8) is 0 Å². The van der Waals surface area contributed by atoms with Crippen molar-refractivity contribution in [2.75, 3.05) is 6.54 Å². The predicted molar refractivity (Wildman–Crippen MR) is 65.3 cm³/mol. The minimum absolute atomic E-state index is 0.218. The number of benzene rings is 1. The fourth-order valence-corrected chi connectivity index (χ4v) is 1.74. The highest BCUT2D eigenvalue weighted by Crippen LogP contribution is 2.17. The number of halogens is 2. The Balaban J connectivity index is 2.27. The van der Waals surface area contributed by atoms with Gasteiger partial charge in [-0.1, -0.05) is 15.9 Å². The Morgan fingerprint density at radius 3 is 2.94 bits per heavy atom. The van der Waals surface area contributed by atoms with Crippen LogP contribution in [0.25, 0.3) is 0 Å². The number of hydrogen-bond acceptors (Lipinski definition) is 2. The number of unbranched alkanes of at least 4 members (excludes halogenated alkanes) is 2. The van der Waals surface area contributed by atoms with E-state index in [0.717, 1.165) is 29.4 Å². The molecule has 0 aliphatic heterocycles. The quantitative estimate of drug-likeness (QED) is 0.813. The summed E-state index contributed by atoms with van der Waals surface area (Å²) in [5.74, 6) is -0.218. The zero-order valence-electron chi connectivity index (χ0n) is 8.97. The summed E-state index contributed by atoms with van der Waals surface area (Å²) in [6.07, 6.45) is 2.49. The molecule has 4 heteroatoms. The SMILES string of the molecule is N#CCCCCNCc1cc(F)ccc1Br. The minimum atomic E-state index is -0.218. The summed E-state index contributed by atoms with van der Waals surface area (Å²) in [5.41, 5.74) is 0.917. The summed E-state index contributed by atoms with van der Waals surface area (Å²) in [7, 11) is 0. The van der Waals surface area contributed by atoms with Gasteiger partial charge in [-0.25, -0.2) is 4.39 Å². The molecule has 1 aromatic carbocycles. The molecular weight excluding hydrogens is 271 g/mol. The van der Waals surface area contributed by atoms with E-state index in [1.807, 2.05) is 0 Å². The van der Waals surface area contributed by atoms with Crippen LogP contribution in [0.3, 0.4) is 0 Å². The summed E-state index contributed by atoms with van der Waals surface area (Å²) in [6, 6.07) is 6.77. The van der Waals surface area contributed by atoms with Gasteiger partial charge >= 0.3 is 0 Å². The molecule has 0 aliphatic rings. The summed E-state index contributed by atoms with van der Waals surface area (Å²) in [4.78, 5) is 0. The number of nitrogens with one attached hydrogen (secondary N) is 1. The third-order valence-corrected chi connectivity index (χ3v) is 2.99. The van der Waals surface area contributed by atoms with Crippen LogP contribution < -0.4 is 5.32 Å². The second-order valence-corrected chi connectivity index (χ2v) is 4.38. The lowest BCUT2D eigenvalue weighted by Gasteiger charge is -2.06. The molecule has 86 valence electrons. The van der Waals surface area contributed by atoms with Crippen LogP contribution in [0.1, 0.15) is 24.8 Å². The molecule has 0 amide bonds. The minimum Gasteiger partial charge on any atom is -0.313 e. The Morgan fingerprint density at radius 1 is 1.38 bits per heavy atom. The van der Waals surface area contributed by atoms with E-state index >= 15 is 0 Å². The first-order chi connectivity index (χ1) is 7.74. The molecule has 0 spiro atoms. The van der Waals surface area contributed by atoms with Crippen LogP contribution in [0.2, 0.25) is 0 Å². The first-order valence-electron chi connectivity index (χ1n) is 5.25. The molecule has 0 atom stereocenters. The molecule has 0 saturated carbocycles. The van der Waals surface area contributed by atoms with Gasteiger partial charge in [0, 0.05) is 17.4 Å². The van der Waals surface area contributed by atoms with Gasteiger partial charge in [-0.3, -0.25) is 0 Å². The molecule has 0 unspecified atom stereocenters. The first-order valence-corrected chi connectivity index (χ1v) is 6.05. The molecule has 0 saturated heterocycles. The Morgan fingerprint density at radius 2 is 2.19 bits per heavy atom. The summed E-state index contributed by atoms with van der Waals surface area (Å²) < 4.78 is 13.9. The van der Waals surface area contributed by atoms with E-state index in [0.29, 0.717) is 13.0 Å². The van der Waals surface area contributed by atoms with Gasteiger partial charge < -0.3 is 5.32 Å². The van der Waals surface area contributed by atoms with Crippen molar-refractivity contribution in [3.8, 4) is 6.07 Å². The topological polar surface area (TPSA) is 35.8 Å². The normalized spacial score (nSPS) is 10.1. The zero-order valence-corrected chi connectivity index (χ0v) is 10.6. The van der Waals surface area contributed by atoms with Crippen LogP contribution in [-0.4, -0.2) is 6.54 Å². The summed E-state index contributed by atoms with van der Waals surface area (Å²) in [6.45, 7) is 1.50. The van der Waals surface area contributed by atoms with Gasteiger partial charge in [0.1, 0.15) is 5.82 Å². The maximum absolute atomic E-state index is 12.9. The number of hydrogen-bond donors (Lipinski definition) is 1. The molecule has 0 aliphatic carbocycles. The fourth-order valence-electron chi connectivity index (χ4n) is 1.36. The van der Waals surface area contributed by atoms with E-state index in [1.54, 1.807) is 6.07 Å². The highest BCUT2D eigenvalue weighted by molar-refractivity contribution is 9.10. The van der Waals surface area contributed by atoms with Gasteiger partial charge in [0.15, 0.2) is 0 Å². The molecule has 2 nitrogen and oxygen atoms in total. The Labute approximate surface area is 104 Å². The van der Waals surface area contributed by atoms with Crippen molar-refractivity contribution in [1.29, 1.82) is 5.26 Å². The van der Waals surface area contributed by atoms with E-state index in [-0.39, 0.29) is 5.82 Å². The highest BCUT2D eigenvalue weighted by atomic mass is 79.9. The second kappa shape index (κ2) is 7.37. The second-order valence-electron chi connectivity index (χ2n) is 3.53. The third-order valence-electron chi connectivity index (χ3n) is 2.22. The molecule has 0 radical (unpaired) electrons. The van der Waals surface area contributed by atoms with Gasteiger partial charge in [-0.15, -0.1) is 0 Å². The maximum Gasteiger partial charge on any atom is 0.123 e. The van der Waals surface area contributed by atoms with Crippen molar-refractivity contribution in [3.05, 3.63) is 34.1 Å². The van der Waals surface area contributed by atoms with Gasteiger partial charge in [0.2, 0.25) is 0 Å². The zero-order chi connectivity index (χ0) is 11.8. The predicted octanol–water partition coefficient (Wildman–Crippen LogP) is 3.37. The van der Waals surface area contributed by atoms with Crippen LogP contribution in [0, 0.1) is 17.1 Å². The first kappa shape index (κ1) is 13.1. The molecule has 0 heterocycles. The standard InChI is InChI=1S/C12H14BrFN2/c13-12-5-4-11(14)8-10(12)9-16-7-3-1-2-6-15/h4-5,8,16H,1-3,7,9H2. The molecule has 1 aromatic rings. The average Bonchev–Trinajstić information content (AvgIpc) is 2.28. The van der Waals surface area contributed by atoms with E-state index in [2.05, 4.69) is 27.3 Å². The lowest BCUT2D eigenvalue weighted by molar-refractivity contribution is 0.609. The van der Waals surface area contributed by atoms with Gasteiger partial charge in [0.25, 0.3) is 0 Å². The van der Waals surface area contributed by atoms with E-state index in [4.69, 9.17) is 5.26 Å². The van der Waals surface area contributed by atoms with Gasteiger partial charge in [0.05, 0.1) is 6.07 Å². The molecular formula is C12H14BrFN2. The molecule has 0 bridgehead atoms. The average molecular weight is 285 g/mol. The third kappa shape index (κ3) is 4.73. The van der Waals surface area contributed by atoms with Crippen LogP contribution in [0.15, 0.2) is 22.7 Å². The Kier molecular flexibility index (Phi) is 6.05. The fraction of sp³-hybridized carbons (Fsp3) is 0.417. The smallest absolute Gasteiger partial charge is 0.123 e. The lowest BCUT2D eigenvalue weighted by atomic mass is 10.2. The highest BCUT2D eigenvalue weighted by Gasteiger charge is 2.00. The van der Waals surface area contributed by atoms with Crippen molar-refractivity contribution in [2.24, 2.45) is 0 Å². The van der Waals surface area contributed by atoms with Crippen LogP contribution in [-0.2, 0) is 6.54 Å². The van der Waals surface area contributed by atoms with E-state index in [1.165, 1.54) is 12.1 Å². The Bertz CT molecular complexity index is 374. The number of nitriles is 1. The lowest BCUT2D eigenvalue weighted by Crippen LogP contribution is -2.15. The number of nitrogens with zero attached hydrogens (tertiary/aromatic N) is 1. The Hall–Kier alpha value is -0.920.